The number of carbonyl (C=O) groups is 2. The zero-order valence-electron chi connectivity index (χ0n) is 17.4. The fourth-order valence-electron chi connectivity index (χ4n) is 3.61. The summed E-state index contributed by atoms with van der Waals surface area (Å²) in [4.78, 5) is 26.5. The maximum atomic E-state index is 12.6. The molecule has 1 fully saturated rings. The van der Waals surface area contributed by atoms with Gasteiger partial charge in [-0.3, -0.25) is 4.79 Å². The first-order valence-corrected chi connectivity index (χ1v) is 10.6. The lowest BCUT2D eigenvalue weighted by Crippen LogP contribution is -2.37. The van der Waals surface area contributed by atoms with Crippen molar-refractivity contribution in [2.75, 3.05) is 6.54 Å². The van der Waals surface area contributed by atoms with Crippen molar-refractivity contribution in [3.8, 4) is 0 Å². The molecule has 4 heteroatoms. The van der Waals surface area contributed by atoms with E-state index in [2.05, 4.69) is 6.92 Å². The standard InChI is InChI=1S/C22H39NO3/c1-5-7-8-9-10-11-12-15-21(24)23-16-13-14-20(23)17-19(4)26-22(25)18(3)6-2/h6,19-20H,5,7-17H2,1-4H3/b18-6+/t19-,20-/m0/s1. The molecule has 1 rings (SSSR count). The topological polar surface area (TPSA) is 46.6 Å². The van der Waals surface area contributed by atoms with Crippen molar-refractivity contribution in [2.45, 2.75) is 110 Å². The molecule has 150 valence electrons. The number of hydrogen-bond acceptors (Lipinski definition) is 3. The van der Waals surface area contributed by atoms with Crippen molar-refractivity contribution in [1.29, 1.82) is 0 Å². The van der Waals surface area contributed by atoms with Crippen LogP contribution in [0.3, 0.4) is 0 Å². The molecular weight excluding hydrogens is 326 g/mol. The normalized spacial score (nSPS) is 18.8. The van der Waals surface area contributed by atoms with Crippen LogP contribution in [0.4, 0.5) is 0 Å². The Morgan fingerprint density at radius 3 is 2.46 bits per heavy atom. The summed E-state index contributed by atoms with van der Waals surface area (Å²) < 4.78 is 5.49. The van der Waals surface area contributed by atoms with E-state index in [1.54, 1.807) is 13.0 Å². The molecule has 0 aliphatic carbocycles. The highest BCUT2D eigenvalue weighted by molar-refractivity contribution is 5.87. The number of hydrogen-bond donors (Lipinski definition) is 0. The quantitative estimate of drug-likeness (QED) is 0.264. The second kappa shape index (κ2) is 12.9. The van der Waals surface area contributed by atoms with Gasteiger partial charge in [-0.1, -0.05) is 51.5 Å². The molecule has 0 radical (unpaired) electrons. The molecule has 0 bridgehead atoms. The minimum atomic E-state index is -0.251. The molecule has 26 heavy (non-hydrogen) atoms. The smallest absolute Gasteiger partial charge is 0.333 e. The average molecular weight is 366 g/mol. The lowest BCUT2D eigenvalue weighted by Gasteiger charge is -2.27. The molecule has 2 atom stereocenters. The number of esters is 1. The first kappa shape index (κ1) is 22.7. The van der Waals surface area contributed by atoms with Gasteiger partial charge >= 0.3 is 5.97 Å². The Bertz CT molecular complexity index is 458. The Balaban J connectivity index is 2.30. The van der Waals surface area contributed by atoms with Gasteiger partial charge in [0, 0.05) is 31.0 Å². The summed E-state index contributed by atoms with van der Waals surface area (Å²) in [6, 6.07) is 0.223. The van der Waals surface area contributed by atoms with E-state index < -0.39 is 0 Å². The fourth-order valence-corrected chi connectivity index (χ4v) is 3.61. The predicted octanol–water partition coefficient (Wildman–Crippen LogP) is 5.41. The van der Waals surface area contributed by atoms with Gasteiger partial charge in [-0.25, -0.2) is 4.79 Å². The van der Waals surface area contributed by atoms with Crippen LogP contribution in [-0.2, 0) is 14.3 Å². The number of likely N-dealkylation sites (tertiary alicyclic amines) is 1. The third-order valence-corrected chi connectivity index (χ3v) is 5.36. The zero-order chi connectivity index (χ0) is 19.4. The summed E-state index contributed by atoms with van der Waals surface area (Å²) in [5, 5.41) is 0. The highest BCUT2D eigenvalue weighted by Crippen LogP contribution is 2.24. The summed E-state index contributed by atoms with van der Waals surface area (Å²) in [6.07, 6.45) is 13.7. The molecule has 0 aromatic heterocycles. The van der Waals surface area contributed by atoms with Gasteiger partial charge in [0.2, 0.25) is 5.91 Å². The van der Waals surface area contributed by atoms with Crippen molar-refractivity contribution >= 4 is 11.9 Å². The highest BCUT2D eigenvalue weighted by atomic mass is 16.5. The van der Waals surface area contributed by atoms with Crippen LogP contribution < -0.4 is 0 Å². The minimum Gasteiger partial charge on any atom is -0.459 e. The van der Waals surface area contributed by atoms with Gasteiger partial charge in [-0.15, -0.1) is 0 Å². The van der Waals surface area contributed by atoms with Crippen molar-refractivity contribution < 1.29 is 14.3 Å². The Labute approximate surface area is 160 Å². The van der Waals surface area contributed by atoms with Crippen LogP contribution in [0.1, 0.15) is 98.3 Å². The molecule has 0 aromatic rings. The molecule has 0 aromatic carbocycles. The van der Waals surface area contributed by atoms with Crippen LogP contribution in [0.25, 0.3) is 0 Å². The number of carbonyl (C=O) groups excluding carboxylic acids is 2. The van der Waals surface area contributed by atoms with E-state index in [0.29, 0.717) is 12.0 Å². The van der Waals surface area contributed by atoms with Gasteiger partial charge in [0.1, 0.15) is 6.10 Å². The summed E-state index contributed by atoms with van der Waals surface area (Å²) in [5.74, 6) is 0.0307. The van der Waals surface area contributed by atoms with E-state index in [-0.39, 0.29) is 24.0 Å². The maximum absolute atomic E-state index is 12.6. The summed E-state index contributed by atoms with van der Waals surface area (Å²) in [6.45, 7) is 8.62. The van der Waals surface area contributed by atoms with E-state index in [9.17, 15) is 9.59 Å². The molecule has 1 saturated heterocycles. The predicted molar refractivity (Wildman–Crippen MR) is 107 cm³/mol. The lowest BCUT2D eigenvalue weighted by atomic mass is 10.1. The molecule has 4 nitrogen and oxygen atoms in total. The first-order valence-electron chi connectivity index (χ1n) is 10.6. The first-order chi connectivity index (χ1) is 12.5. The number of nitrogens with zero attached hydrogens (tertiary/aromatic N) is 1. The van der Waals surface area contributed by atoms with Crippen molar-refractivity contribution in [3.05, 3.63) is 11.6 Å². The highest BCUT2D eigenvalue weighted by Gasteiger charge is 2.30. The molecule has 0 spiro atoms. The zero-order valence-corrected chi connectivity index (χ0v) is 17.4. The van der Waals surface area contributed by atoms with E-state index in [1.807, 2.05) is 18.7 Å². The lowest BCUT2D eigenvalue weighted by molar-refractivity contribution is -0.144. The molecule has 1 heterocycles. The Morgan fingerprint density at radius 1 is 1.15 bits per heavy atom. The summed E-state index contributed by atoms with van der Waals surface area (Å²) in [5.41, 5.74) is 0.634. The summed E-state index contributed by atoms with van der Waals surface area (Å²) in [7, 11) is 0. The van der Waals surface area contributed by atoms with Crippen molar-refractivity contribution in [2.24, 2.45) is 0 Å². The second-order valence-electron chi connectivity index (χ2n) is 7.68. The van der Waals surface area contributed by atoms with Gasteiger partial charge in [0.05, 0.1) is 0 Å². The molecule has 0 N–H and O–H groups in total. The number of unbranched alkanes of at least 4 members (excludes halogenated alkanes) is 6. The van der Waals surface area contributed by atoms with Crippen LogP contribution >= 0.6 is 0 Å². The molecule has 1 aliphatic heterocycles. The van der Waals surface area contributed by atoms with Crippen molar-refractivity contribution in [3.63, 3.8) is 0 Å². The number of rotatable bonds is 12. The number of ether oxygens (including phenoxy) is 1. The molecular formula is C22H39NO3. The largest absolute Gasteiger partial charge is 0.459 e. The van der Waals surface area contributed by atoms with Crippen LogP contribution in [0.2, 0.25) is 0 Å². The van der Waals surface area contributed by atoms with Crippen LogP contribution in [-0.4, -0.2) is 35.5 Å². The van der Waals surface area contributed by atoms with Gasteiger partial charge in [-0.2, -0.15) is 0 Å². The molecule has 1 aliphatic rings. The van der Waals surface area contributed by atoms with E-state index in [1.165, 1.54) is 32.1 Å². The van der Waals surface area contributed by atoms with E-state index in [0.717, 1.165) is 38.6 Å². The minimum absolute atomic E-state index is 0.158. The van der Waals surface area contributed by atoms with E-state index >= 15 is 0 Å². The molecule has 0 unspecified atom stereocenters. The monoisotopic (exact) mass is 365 g/mol. The molecule has 1 amide bonds. The Morgan fingerprint density at radius 2 is 1.81 bits per heavy atom. The van der Waals surface area contributed by atoms with Crippen LogP contribution in [0.5, 0.6) is 0 Å². The van der Waals surface area contributed by atoms with Crippen LogP contribution in [0.15, 0.2) is 11.6 Å². The SMILES string of the molecule is C/C=C(\C)C(=O)O[C@@H](C)C[C@@H]1CCCN1C(=O)CCCCCCCCC. The third kappa shape index (κ3) is 8.37. The van der Waals surface area contributed by atoms with Crippen LogP contribution in [0, 0.1) is 0 Å². The van der Waals surface area contributed by atoms with E-state index in [4.69, 9.17) is 4.74 Å². The molecule has 0 saturated carbocycles. The third-order valence-electron chi connectivity index (χ3n) is 5.36. The fraction of sp³-hybridized carbons (Fsp3) is 0.818. The average Bonchev–Trinajstić information content (AvgIpc) is 3.07. The summed E-state index contributed by atoms with van der Waals surface area (Å²) >= 11 is 0. The van der Waals surface area contributed by atoms with Gasteiger partial charge in [-0.05, 0) is 40.0 Å². The number of allylic oxidation sites excluding steroid dienone is 1. The van der Waals surface area contributed by atoms with Crippen molar-refractivity contribution in [1.82, 2.24) is 4.90 Å². The number of amides is 1. The second-order valence-corrected chi connectivity index (χ2v) is 7.68. The van der Waals surface area contributed by atoms with Gasteiger partial charge < -0.3 is 9.64 Å². The Kier molecular flexibility index (Phi) is 11.3. The Hall–Kier alpha value is -1.32. The maximum Gasteiger partial charge on any atom is 0.333 e. The van der Waals surface area contributed by atoms with Gasteiger partial charge in [0.15, 0.2) is 0 Å². The van der Waals surface area contributed by atoms with Gasteiger partial charge in [0.25, 0.3) is 0 Å².